The van der Waals surface area contributed by atoms with Crippen LogP contribution in [0.1, 0.15) is 91.2 Å². The molecule has 1 aliphatic heterocycles. The number of fused-ring (bicyclic) bond motifs is 8. The highest BCUT2D eigenvalue weighted by Crippen LogP contribution is 2.70. The highest BCUT2D eigenvalue weighted by atomic mass is 32.2. The fourth-order valence-electron chi connectivity index (χ4n) is 12.0. The van der Waals surface area contributed by atoms with Gasteiger partial charge in [0, 0.05) is 41.0 Å². The number of ether oxygens (including phenoxy) is 6. The number of aliphatic hydroxyl groups excluding tert-OH is 1. The number of H-pyrrole nitrogens is 1. The number of aliphatic hydroxyl groups is 1. The molecule has 0 spiro atoms. The third-order valence-electron chi connectivity index (χ3n) is 15.0. The molecule has 5 fully saturated rings. The molecule has 6 aliphatic rings. The number of methoxy groups -OCH3 is 2. The summed E-state index contributed by atoms with van der Waals surface area (Å²) >= 11 is 0. The van der Waals surface area contributed by atoms with Crippen molar-refractivity contribution in [1.82, 2.24) is 15.0 Å². The van der Waals surface area contributed by atoms with E-state index in [-0.39, 0.29) is 69.8 Å². The molecule has 1 unspecified atom stereocenters. The van der Waals surface area contributed by atoms with Gasteiger partial charge in [-0.3, -0.25) is 23.6 Å². The van der Waals surface area contributed by atoms with Crippen molar-refractivity contribution in [3.8, 4) is 17.2 Å². The van der Waals surface area contributed by atoms with Gasteiger partial charge in [0.15, 0.2) is 40.9 Å². The van der Waals surface area contributed by atoms with Gasteiger partial charge in [0.05, 0.1) is 65.6 Å². The van der Waals surface area contributed by atoms with Crippen molar-refractivity contribution in [2.24, 2.45) is 40.4 Å². The van der Waals surface area contributed by atoms with Crippen LogP contribution in [0.25, 0.3) is 11.0 Å². The van der Waals surface area contributed by atoms with Crippen molar-refractivity contribution in [1.29, 1.82) is 0 Å². The lowest BCUT2D eigenvalue weighted by Crippen LogP contribution is -2.63. The maximum absolute atomic E-state index is 14.2. The highest BCUT2D eigenvalue weighted by Gasteiger charge is 2.76. The van der Waals surface area contributed by atoms with Crippen LogP contribution < -0.4 is 14.2 Å². The van der Waals surface area contributed by atoms with Crippen LogP contribution in [-0.4, -0.2) is 93.3 Å². The number of hydrogen-bond acceptors (Lipinski definition) is 13. The van der Waals surface area contributed by atoms with E-state index >= 15 is 0 Å². The van der Waals surface area contributed by atoms with Gasteiger partial charge < -0.3 is 38.5 Å². The number of hydrogen-bond donors (Lipinski definition) is 2. The average Bonchev–Trinajstić information content (AvgIpc) is 3.96. The number of aromatic amines is 1. The number of benzene rings is 1. The monoisotopic (exact) mass is 923 g/mol. The quantitative estimate of drug-likeness (QED) is 0.170. The van der Waals surface area contributed by atoms with E-state index in [1.54, 1.807) is 32.1 Å². The van der Waals surface area contributed by atoms with Crippen LogP contribution in [0.5, 0.6) is 17.2 Å². The molecule has 9 rings (SSSR count). The van der Waals surface area contributed by atoms with Crippen molar-refractivity contribution in [2.75, 3.05) is 20.8 Å². The van der Waals surface area contributed by atoms with Gasteiger partial charge in [-0.1, -0.05) is 58.6 Å². The van der Waals surface area contributed by atoms with Crippen molar-refractivity contribution in [3.05, 3.63) is 60.0 Å². The summed E-state index contributed by atoms with van der Waals surface area (Å²) < 4.78 is 71.1. The predicted octanol–water partition coefficient (Wildman–Crippen LogP) is 7.59. The molecule has 3 heterocycles. The van der Waals surface area contributed by atoms with E-state index in [2.05, 4.69) is 33.5 Å². The van der Waals surface area contributed by atoms with E-state index in [0.717, 1.165) is 44.1 Å². The number of esters is 1. The summed E-state index contributed by atoms with van der Waals surface area (Å²) in [7, 11) is 1.41. The van der Waals surface area contributed by atoms with Crippen molar-refractivity contribution < 1.29 is 60.9 Å². The molecule has 65 heavy (non-hydrogen) atoms. The molecule has 2 aromatic heterocycles. The molecule has 2 N–H and O–H groups in total. The molecule has 0 amide bonds. The molecule has 10 atom stereocenters. The molecule has 1 aromatic carbocycles. The van der Waals surface area contributed by atoms with Gasteiger partial charge in [0.1, 0.15) is 5.75 Å². The summed E-state index contributed by atoms with van der Waals surface area (Å²) in [6.45, 7) is 4.52. The predicted molar refractivity (Wildman–Crippen MR) is 233 cm³/mol. The Bertz CT molecular complexity index is 2380. The first kappa shape index (κ1) is 46.9. The van der Waals surface area contributed by atoms with Gasteiger partial charge in [0.2, 0.25) is 5.78 Å². The van der Waals surface area contributed by atoms with Crippen molar-refractivity contribution in [3.63, 3.8) is 0 Å². The van der Waals surface area contributed by atoms with Crippen LogP contribution in [0.2, 0.25) is 0 Å². The molecular formula is C48H59F2N3O11S. The Balaban J connectivity index is 0.000000193. The Morgan fingerprint density at radius 3 is 2.55 bits per heavy atom. The van der Waals surface area contributed by atoms with Gasteiger partial charge >= 0.3 is 12.6 Å². The van der Waals surface area contributed by atoms with Gasteiger partial charge in [-0.05, 0) is 74.6 Å². The van der Waals surface area contributed by atoms with Crippen LogP contribution in [-0.2, 0) is 45.1 Å². The SMILES string of the molecule is CC(C)C(=O)OCC(=O)[C@@]12O[C@H](C3CCCCC3)O[C@@H]1C[C@H]1[C@@H]3CCC4=CC(=O)C=C[C@]4(C)[C@H]3[C@@H](O)C[C@@]12C.COc1ccnc(CS(=O)c2nc3ccc(OC(F)F)cc3[nH]2)c1OC. The number of nitrogens with one attached hydrogen (secondary N) is 1. The van der Waals surface area contributed by atoms with E-state index in [1.807, 2.05) is 6.08 Å². The van der Waals surface area contributed by atoms with E-state index in [4.69, 9.17) is 23.7 Å². The summed E-state index contributed by atoms with van der Waals surface area (Å²) in [5, 5.41) is 12.1. The van der Waals surface area contributed by atoms with Crippen LogP contribution in [0.4, 0.5) is 8.78 Å². The van der Waals surface area contributed by atoms with Crippen LogP contribution in [0.15, 0.2) is 59.4 Å². The minimum Gasteiger partial charge on any atom is -0.493 e. The Kier molecular flexibility index (Phi) is 13.4. The van der Waals surface area contributed by atoms with Gasteiger partial charge in [-0.2, -0.15) is 8.78 Å². The fourth-order valence-corrected chi connectivity index (χ4v) is 13.0. The van der Waals surface area contributed by atoms with Crippen LogP contribution >= 0.6 is 0 Å². The van der Waals surface area contributed by atoms with E-state index in [1.165, 1.54) is 45.0 Å². The number of nitrogens with zero attached hydrogens (tertiary/aromatic N) is 2. The molecule has 0 bridgehead atoms. The number of imidazole rings is 1. The first-order chi connectivity index (χ1) is 31.0. The molecule has 3 aromatic rings. The second-order valence-electron chi connectivity index (χ2n) is 19.0. The van der Waals surface area contributed by atoms with Crippen molar-refractivity contribution in [2.45, 2.75) is 127 Å². The molecular weight excluding hydrogens is 865 g/mol. The number of ketones is 2. The zero-order valence-electron chi connectivity index (χ0n) is 37.7. The molecule has 4 saturated carbocycles. The first-order valence-corrected chi connectivity index (χ1v) is 23.9. The smallest absolute Gasteiger partial charge is 0.387 e. The number of carbonyl (C=O) groups is 3. The summed E-state index contributed by atoms with van der Waals surface area (Å²) in [4.78, 5) is 50.0. The number of allylic oxidation sites excluding steroid dienone is 4. The maximum Gasteiger partial charge on any atom is 0.387 e. The van der Waals surface area contributed by atoms with E-state index in [9.17, 15) is 32.5 Å². The third kappa shape index (κ3) is 8.54. The second-order valence-corrected chi connectivity index (χ2v) is 20.3. The number of alkyl halides is 2. The normalized spacial score (nSPS) is 32.1. The minimum atomic E-state index is -2.92. The average molecular weight is 924 g/mol. The molecule has 352 valence electrons. The first-order valence-electron chi connectivity index (χ1n) is 22.6. The van der Waals surface area contributed by atoms with Crippen LogP contribution in [0, 0.1) is 40.4 Å². The summed E-state index contributed by atoms with van der Waals surface area (Å²) in [6, 6.07) is 5.89. The zero-order valence-corrected chi connectivity index (χ0v) is 38.5. The minimum absolute atomic E-state index is 0.00962. The second kappa shape index (κ2) is 18.6. The fraction of sp³-hybridized carbons (Fsp3) is 0.604. The number of rotatable bonds is 12. The lowest BCUT2D eigenvalue weighted by molar-refractivity contribution is -0.210. The Hall–Kier alpha value is -4.58. The van der Waals surface area contributed by atoms with Gasteiger partial charge in [-0.15, -0.1) is 0 Å². The Labute approximate surface area is 379 Å². The molecule has 1 saturated heterocycles. The number of Topliss-reactive ketones (excluding diaryl/α,β-unsaturated/α-hetero) is 1. The third-order valence-corrected chi connectivity index (χ3v) is 16.2. The Morgan fingerprint density at radius 1 is 1.08 bits per heavy atom. The Morgan fingerprint density at radius 2 is 1.85 bits per heavy atom. The molecule has 17 heteroatoms. The van der Waals surface area contributed by atoms with Crippen molar-refractivity contribution >= 4 is 39.4 Å². The zero-order chi connectivity index (χ0) is 46.4. The van der Waals surface area contributed by atoms with Gasteiger partial charge in [0.25, 0.3) is 0 Å². The molecule has 14 nitrogen and oxygen atoms in total. The summed E-state index contributed by atoms with van der Waals surface area (Å²) in [5.74, 6) is 0.437. The van der Waals surface area contributed by atoms with Crippen LogP contribution in [0.3, 0.4) is 0 Å². The summed E-state index contributed by atoms with van der Waals surface area (Å²) in [6.07, 6.45) is 13.7. The number of halogens is 2. The number of aromatic nitrogens is 3. The van der Waals surface area contributed by atoms with E-state index < -0.39 is 52.9 Å². The lowest BCUT2D eigenvalue weighted by atomic mass is 9.46. The summed E-state index contributed by atoms with van der Waals surface area (Å²) in [5.41, 5.74) is 0.192. The standard InChI is InChI=1S/C32H44O7.C16H15F2N3O4S/c1-18(2)28(36)37-17-25(35)32-26(38-29(39-32)19-8-6-5-7-9-19)15-23-22-11-10-20-14-21(33)12-13-30(20,3)27(22)24(34)16-31(23,32)4;1-23-13-5-6-19-12(14(13)24-2)8-26(22)16-20-10-4-3-9(25-15(17)18)7-11(10)21-16/h12-14,18-19,22-24,26-27,29,34H,5-11,15-17H2,1-4H3;3-7,15H,8H2,1-2H3,(H,20,21)/t22-,23-,24-,26+,27+,29+,30-,31-,32+;/m0./s1. The molecule has 0 radical (unpaired) electrons. The largest absolute Gasteiger partial charge is 0.493 e. The maximum atomic E-state index is 14.2. The molecule has 5 aliphatic carbocycles. The number of pyridine rings is 1. The van der Waals surface area contributed by atoms with Gasteiger partial charge in [-0.25, -0.2) is 4.98 Å². The lowest BCUT2D eigenvalue weighted by Gasteiger charge is -2.59. The highest BCUT2D eigenvalue weighted by molar-refractivity contribution is 7.84. The number of carbonyl (C=O) groups excluding carboxylic acids is 3. The topological polar surface area (TPSA) is 185 Å². The van der Waals surface area contributed by atoms with E-state index in [0.29, 0.717) is 41.1 Å².